The lowest BCUT2D eigenvalue weighted by Gasteiger charge is -2.15. The Labute approximate surface area is 280 Å². The van der Waals surface area contributed by atoms with Crippen molar-refractivity contribution in [2.45, 2.75) is 104 Å². The molecule has 0 spiro atoms. The highest BCUT2D eigenvalue weighted by atomic mass is 79.9. The fourth-order valence-corrected chi connectivity index (χ4v) is 5.77. The third-order valence-electron chi connectivity index (χ3n) is 8.21. The zero-order valence-corrected chi connectivity index (χ0v) is 28.7. The molecule has 2 aromatic carbocycles. The standard InChI is InChI=1S/C38H49N3O3.BrH/c1-3-4-5-6-7-8-9-10-11-12-13-18-26-44-38-32(21-19-23-35(38)31(2)42)27-37(43)39-36-24-15-14-20-33(36)28-40-29-34-22-16-17-25-41(34)30-40;/h14-17,19-25,29-30H,3-13,18,26-28H2,1-2H3;1H. The van der Waals surface area contributed by atoms with E-state index < -0.39 is 0 Å². The molecule has 0 unspecified atom stereocenters. The van der Waals surface area contributed by atoms with Crippen molar-refractivity contribution in [2.75, 3.05) is 11.9 Å². The van der Waals surface area contributed by atoms with Crippen LogP contribution >= 0.6 is 0 Å². The maximum absolute atomic E-state index is 13.3. The fourth-order valence-electron chi connectivity index (χ4n) is 5.77. The molecule has 0 radical (unpaired) electrons. The smallest absolute Gasteiger partial charge is 0.249 e. The van der Waals surface area contributed by atoms with Crippen LogP contribution in [0.25, 0.3) is 5.52 Å². The minimum atomic E-state index is -0.139. The van der Waals surface area contributed by atoms with Crippen LogP contribution in [-0.2, 0) is 17.8 Å². The van der Waals surface area contributed by atoms with Gasteiger partial charge in [0.25, 0.3) is 0 Å². The number of hydrogen-bond acceptors (Lipinski definition) is 3. The second-order valence-corrected chi connectivity index (χ2v) is 11.9. The van der Waals surface area contributed by atoms with Crippen LogP contribution in [0.4, 0.5) is 5.69 Å². The van der Waals surface area contributed by atoms with Crippen molar-refractivity contribution in [3.63, 3.8) is 0 Å². The summed E-state index contributed by atoms with van der Waals surface area (Å²) in [5.74, 6) is 0.349. The van der Waals surface area contributed by atoms with Crippen molar-refractivity contribution in [2.24, 2.45) is 0 Å². The van der Waals surface area contributed by atoms with Gasteiger partial charge in [-0.2, -0.15) is 0 Å². The summed E-state index contributed by atoms with van der Waals surface area (Å²) in [5, 5.41) is 3.11. The van der Waals surface area contributed by atoms with Crippen molar-refractivity contribution in [3.8, 4) is 5.75 Å². The van der Waals surface area contributed by atoms with Gasteiger partial charge in [0.1, 0.15) is 18.5 Å². The number of unbranched alkanes of at least 4 members (excludes halogenated alkanes) is 11. The molecular formula is C38H50BrN3O3. The first-order valence-corrected chi connectivity index (χ1v) is 16.6. The third kappa shape index (κ3) is 11.8. The summed E-state index contributed by atoms with van der Waals surface area (Å²) >= 11 is 0. The number of nitrogens with one attached hydrogen (secondary N) is 1. The number of ether oxygens (including phenoxy) is 1. The maximum Gasteiger partial charge on any atom is 0.249 e. The predicted molar refractivity (Wildman–Crippen MR) is 178 cm³/mol. The van der Waals surface area contributed by atoms with Crippen molar-refractivity contribution < 1.29 is 35.7 Å². The minimum Gasteiger partial charge on any atom is -1.00 e. The highest BCUT2D eigenvalue weighted by Crippen LogP contribution is 2.27. The Morgan fingerprint density at radius 2 is 1.42 bits per heavy atom. The van der Waals surface area contributed by atoms with Gasteiger partial charge >= 0.3 is 0 Å². The number of ketones is 1. The molecule has 0 bridgehead atoms. The van der Waals surface area contributed by atoms with Crippen LogP contribution in [0.5, 0.6) is 5.75 Å². The topological polar surface area (TPSA) is 64.4 Å². The molecule has 6 nitrogen and oxygen atoms in total. The number of amides is 1. The highest BCUT2D eigenvalue weighted by Gasteiger charge is 2.17. The summed E-state index contributed by atoms with van der Waals surface area (Å²) in [6.07, 6.45) is 21.6. The van der Waals surface area contributed by atoms with Gasteiger partial charge in [-0.15, -0.1) is 0 Å². The van der Waals surface area contributed by atoms with E-state index in [1.54, 1.807) is 13.0 Å². The number of imidazole rings is 1. The Morgan fingerprint density at radius 1 is 0.778 bits per heavy atom. The number of aromatic nitrogens is 2. The minimum absolute atomic E-state index is 0. The number of anilines is 1. The van der Waals surface area contributed by atoms with Crippen LogP contribution in [-0.4, -0.2) is 22.9 Å². The normalized spacial score (nSPS) is 10.9. The summed E-state index contributed by atoms with van der Waals surface area (Å²) in [4.78, 5) is 25.7. The van der Waals surface area contributed by atoms with E-state index >= 15 is 0 Å². The number of fused-ring (bicyclic) bond motifs is 1. The Kier molecular flexibility index (Phi) is 15.9. The number of carbonyl (C=O) groups excluding carboxylic acids is 2. The molecule has 4 aromatic rings. The zero-order chi connectivity index (χ0) is 31.0. The summed E-state index contributed by atoms with van der Waals surface area (Å²) in [6.45, 7) is 4.99. The first-order chi connectivity index (χ1) is 21.5. The van der Waals surface area contributed by atoms with E-state index in [1.807, 2.05) is 61.1 Å². The first-order valence-electron chi connectivity index (χ1n) is 16.6. The van der Waals surface area contributed by atoms with Gasteiger partial charge in [0.15, 0.2) is 11.3 Å². The second kappa shape index (κ2) is 19.8. The number of carbonyl (C=O) groups is 2. The lowest BCUT2D eigenvalue weighted by molar-refractivity contribution is -0.512. The fraction of sp³-hybridized carbons (Fsp3) is 0.447. The molecule has 0 aliphatic carbocycles. The molecule has 0 fully saturated rings. The lowest BCUT2D eigenvalue weighted by atomic mass is 10.0. The molecule has 0 aliphatic heterocycles. The van der Waals surface area contributed by atoms with Gasteiger partial charge in [0.2, 0.25) is 12.2 Å². The highest BCUT2D eigenvalue weighted by molar-refractivity contribution is 5.98. The van der Waals surface area contributed by atoms with E-state index in [0.717, 1.165) is 35.2 Å². The van der Waals surface area contributed by atoms with Crippen LogP contribution in [0.2, 0.25) is 0 Å². The molecule has 0 aliphatic rings. The number of nitrogens with zero attached hydrogens (tertiary/aromatic N) is 2. The van der Waals surface area contributed by atoms with Gasteiger partial charge in [-0.25, -0.2) is 8.97 Å². The Hall–Kier alpha value is -3.45. The molecule has 1 amide bonds. The van der Waals surface area contributed by atoms with Gasteiger partial charge in [-0.3, -0.25) is 9.59 Å². The Bertz CT molecular complexity index is 1450. The van der Waals surface area contributed by atoms with Crippen molar-refractivity contribution in [1.82, 2.24) is 4.57 Å². The third-order valence-corrected chi connectivity index (χ3v) is 8.21. The van der Waals surface area contributed by atoms with E-state index in [1.165, 1.54) is 64.2 Å². The quantitative estimate of drug-likeness (QED) is 0.0738. The van der Waals surface area contributed by atoms with Crippen molar-refractivity contribution >= 4 is 22.9 Å². The van der Waals surface area contributed by atoms with E-state index in [0.29, 0.717) is 24.5 Å². The lowest BCUT2D eigenvalue weighted by Crippen LogP contribution is -3.00. The molecule has 7 heteroatoms. The Balaban J connectivity index is 0.00000552. The molecule has 2 heterocycles. The number of para-hydroxylation sites is 2. The van der Waals surface area contributed by atoms with E-state index in [4.69, 9.17) is 4.74 Å². The predicted octanol–water partition coefficient (Wildman–Crippen LogP) is 5.74. The number of Topliss-reactive ketones (excluding diaryl/α,β-unsaturated/α-hetero) is 1. The molecule has 45 heavy (non-hydrogen) atoms. The molecule has 2 aromatic heterocycles. The number of rotatable bonds is 20. The van der Waals surface area contributed by atoms with Gasteiger partial charge in [-0.05, 0) is 37.6 Å². The summed E-state index contributed by atoms with van der Waals surface area (Å²) < 4.78 is 10.4. The number of hydrogen-bond donors (Lipinski definition) is 1. The van der Waals surface area contributed by atoms with E-state index in [2.05, 4.69) is 33.5 Å². The average molecular weight is 677 g/mol. The molecule has 1 N–H and O–H groups in total. The van der Waals surface area contributed by atoms with Gasteiger partial charge < -0.3 is 27.0 Å². The van der Waals surface area contributed by atoms with Crippen LogP contribution in [0.1, 0.15) is 112 Å². The summed E-state index contributed by atoms with van der Waals surface area (Å²) in [5.41, 5.74) is 4.17. The molecular weight excluding hydrogens is 626 g/mol. The molecule has 0 atom stereocenters. The molecule has 0 saturated heterocycles. The van der Waals surface area contributed by atoms with Crippen molar-refractivity contribution in [1.29, 1.82) is 0 Å². The SMILES string of the molecule is CCCCCCCCCCCCCCOc1c(CC(=O)Nc2ccccc2Cn2cc3cccc[n+]3c2)cccc1C(C)=O.[Br-]. The molecule has 4 rings (SSSR count). The zero-order valence-electron chi connectivity index (χ0n) is 27.1. The maximum atomic E-state index is 13.3. The van der Waals surface area contributed by atoms with Crippen LogP contribution < -0.4 is 31.4 Å². The monoisotopic (exact) mass is 675 g/mol. The summed E-state index contributed by atoms with van der Waals surface area (Å²) in [7, 11) is 0. The number of benzene rings is 2. The van der Waals surface area contributed by atoms with E-state index in [-0.39, 0.29) is 35.1 Å². The van der Waals surface area contributed by atoms with Gasteiger partial charge in [-0.1, -0.05) is 114 Å². The van der Waals surface area contributed by atoms with Gasteiger partial charge in [0.05, 0.1) is 24.8 Å². The first kappa shape index (κ1) is 36.0. The summed E-state index contributed by atoms with van der Waals surface area (Å²) in [6, 6.07) is 19.5. The Morgan fingerprint density at radius 3 is 2.11 bits per heavy atom. The van der Waals surface area contributed by atoms with Gasteiger partial charge in [0, 0.05) is 16.8 Å². The average Bonchev–Trinajstić information content (AvgIpc) is 3.43. The van der Waals surface area contributed by atoms with Crippen LogP contribution in [0.15, 0.2) is 79.4 Å². The van der Waals surface area contributed by atoms with Crippen LogP contribution in [0.3, 0.4) is 0 Å². The van der Waals surface area contributed by atoms with Crippen molar-refractivity contribution in [3.05, 3.63) is 96.1 Å². The van der Waals surface area contributed by atoms with Crippen LogP contribution in [0, 0.1) is 0 Å². The largest absolute Gasteiger partial charge is 1.00 e. The number of pyridine rings is 1. The number of halogens is 1. The molecule has 242 valence electrons. The molecule has 0 saturated carbocycles. The second-order valence-electron chi connectivity index (χ2n) is 11.9. The van der Waals surface area contributed by atoms with E-state index in [9.17, 15) is 9.59 Å².